The van der Waals surface area contributed by atoms with Gasteiger partial charge < -0.3 is 0 Å². The fourth-order valence-electron chi connectivity index (χ4n) is 1.07. The van der Waals surface area contributed by atoms with Crippen LogP contribution in [0.4, 0.5) is 0 Å². The van der Waals surface area contributed by atoms with Crippen LogP contribution in [-0.4, -0.2) is 49.4 Å². The van der Waals surface area contributed by atoms with Crippen molar-refractivity contribution in [2.24, 2.45) is 0 Å². The SMILES string of the molecule is CCCCOP(=O)(OCCCC)OCCCC.[NaH]. The molecule has 0 aliphatic heterocycles. The molecule has 0 N–H and O–H groups in total. The summed E-state index contributed by atoms with van der Waals surface area (Å²) in [6.45, 7) is 7.49. The van der Waals surface area contributed by atoms with Crippen LogP contribution < -0.4 is 0 Å². The van der Waals surface area contributed by atoms with Crippen molar-refractivity contribution in [1.82, 2.24) is 0 Å². The molecule has 0 aromatic carbocycles. The Morgan fingerprint density at radius 3 is 1.22 bits per heavy atom. The van der Waals surface area contributed by atoms with Crippen molar-refractivity contribution in [1.29, 1.82) is 0 Å². The third kappa shape index (κ3) is 12.2. The van der Waals surface area contributed by atoms with Crippen molar-refractivity contribution in [3.05, 3.63) is 0 Å². The molecular weight excluding hydrogens is 262 g/mol. The molecule has 0 unspecified atom stereocenters. The van der Waals surface area contributed by atoms with Crippen molar-refractivity contribution in [2.75, 3.05) is 19.8 Å². The summed E-state index contributed by atoms with van der Waals surface area (Å²) in [5, 5.41) is 0. The third-order valence-electron chi connectivity index (χ3n) is 2.24. The minimum atomic E-state index is -3.31. The van der Waals surface area contributed by atoms with E-state index in [-0.39, 0.29) is 29.6 Å². The zero-order chi connectivity index (χ0) is 13.0. The van der Waals surface area contributed by atoms with Crippen LogP contribution >= 0.6 is 7.82 Å². The van der Waals surface area contributed by atoms with Crippen molar-refractivity contribution in [2.45, 2.75) is 59.3 Å². The molecule has 0 saturated heterocycles. The number of unbranched alkanes of at least 4 members (excludes halogenated alkanes) is 3. The standard InChI is InChI=1S/C12H27O4P.Na.H/c1-4-7-10-14-17(13,15-11-8-5-2)16-12-9-6-3;;/h4-12H2,1-3H3;;. The summed E-state index contributed by atoms with van der Waals surface area (Å²) in [5.74, 6) is 0. The van der Waals surface area contributed by atoms with Crippen LogP contribution in [0.3, 0.4) is 0 Å². The van der Waals surface area contributed by atoms with Gasteiger partial charge in [0.25, 0.3) is 0 Å². The van der Waals surface area contributed by atoms with Gasteiger partial charge in [0, 0.05) is 0 Å². The van der Waals surface area contributed by atoms with E-state index in [2.05, 4.69) is 20.8 Å². The van der Waals surface area contributed by atoms with Gasteiger partial charge in [-0.05, 0) is 19.3 Å². The van der Waals surface area contributed by atoms with Gasteiger partial charge in [-0.3, -0.25) is 13.6 Å². The summed E-state index contributed by atoms with van der Waals surface area (Å²) < 4.78 is 28.0. The predicted molar refractivity (Wildman–Crippen MR) is 77.3 cm³/mol. The third-order valence-corrected chi connectivity index (χ3v) is 3.74. The van der Waals surface area contributed by atoms with E-state index in [0.717, 1.165) is 38.5 Å². The number of hydrogen-bond acceptors (Lipinski definition) is 4. The van der Waals surface area contributed by atoms with E-state index >= 15 is 0 Å². The summed E-state index contributed by atoms with van der Waals surface area (Å²) in [5.41, 5.74) is 0. The molecule has 0 bridgehead atoms. The molecule has 0 fully saturated rings. The van der Waals surface area contributed by atoms with E-state index in [1.807, 2.05) is 0 Å². The maximum absolute atomic E-state index is 12.2. The van der Waals surface area contributed by atoms with Gasteiger partial charge in [0.1, 0.15) is 0 Å². The molecule has 0 amide bonds. The number of phosphoric ester groups is 1. The Hall–Kier alpha value is 1.11. The van der Waals surface area contributed by atoms with Crippen molar-refractivity contribution < 1.29 is 18.1 Å². The Bertz CT molecular complexity index is 181. The summed E-state index contributed by atoms with van der Waals surface area (Å²) in [6, 6.07) is 0. The average molecular weight is 290 g/mol. The number of hydrogen-bond donors (Lipinski definition) is 0. The molecule has 0 aliphatic carbocycles. The van der Waals surface area contributed by atoms with Crippen LogP contribution in [0.15, 0.2) is 0 Å². The molecule has 0 heterocycles. The Morgan fingerprint density at radius 2 is 1.00 bits per heavy atom. The van der Waals surface area contributed by atoms with Gasteiger partial charge in [0.15, 0.2) is 0 Å². The zero-order valence-corrected chi connectivity index (χ0v) is 12.3. The van der Waals surface area contributed by atoms with Gasteiger partial charge in [0.05, 0.1) is 19.8 Å². The average Bonchev–Trinajstić information content (AvgIpc) is 2.30. The Morgan fingerprint density at radius 1 is 0.722 bits per heavy atom. The van der Waals surface area contributed by atoms with Gasteiger partial charge in [-0.25, -0.2) is 4.57 Å². The van der Waals surface area contributed by atoms with E-state index in [1.54, 1.807) is 0 Å². The molecule has 0 spiro atoms. The first-order chi connectivity index (χ1) is 8.18. The molecule has 0 rings (SSSR count). The number of phosphoric acid groups is 1. The van der Waals surface area contributed by atoms with Gasteiger partial charge in [0.2, 0.25) is 0 Å². The number of rotatable bonds is 12. The summed E-state index contributed by atoms with van der Waals surface area (Å²) >= 11 is 0. The fraction of sp³-hybridized carbons (Fsp3) is 1.00. The topological polar surface area (TPSA) is 44.8 Å². The molecule has 6 heteroatoms. The van der Waals surface area contributed by atoms with E-state index in [4.69, 9.17) is 13.6 Å². The first-order valence-electron chi connectivity index (χ1n) is 6.72. The first-order valence-corrected chi connectivity index (χ1v) is 8.18. The van der Waals surface area contributed by atoms with Gasteiger partial charge in [-0.2, -0.15) is 0 Å². The molecule has 0 atom stereocenters. The summed E-state index contributed by atoms with van der Waals surface area (Å²) in [4.78, 5) is 0. The fourth-order valence-corrected chi connectivity index (χ4v) is 2.36. The maximum atomic E-state index is 12.2. The van der Waals surface area contributed by atoms with Crippen LogP contribution in [0.5, 0.6) is 0 Å². The molecule has 0 aromatic heterocycles. The molecular formula is C12H28NaO4P. The Balaban J connectivity index is 0. The molecule has 0 aliphatic rings. The molecule has 0 radical (unpaired) electrons. The first kappa shape index (κ1) is 21.4. The second kappa shape index (κ2) is 14.5. The van der Waals surface area contributed by atoms with Gasteiger partial charge >= 0.3 is 37.4 Å². The van der Waals surface area contributed by atoms with Gasteiger partial charge in [-0.15, -0.1) is 0 Å². The van der Waals surface area contributed by atoms with Crippen molar-refractivity contribution in [3.63, 3.8) is 0 Å². The van der Waals surface area contributed by atoms with E-state index in [1.165, 1.54) is 0 Å². The van der Waals surface area contributed by atoms with E-state index < -0.39 is 7.82 Å². The van der Waals surface area contributed by atoms with Gasteiger partial charge in [-0.1, -0.05) is 40.0 Å². The predicted octanol–water partition coefficient (Wildman–Crippen LogP) is 3.90. The van der Waals surface area contributed by atoms with Crippen LogP contribution in [0.25, 0.3) is 0 Å². The molecule has 106 valence electrons. The second-order valence-electron chi connectivity index (χ2n) is 4.01. The summed E-state index contributed by atoms with van der Waals surface area (Å²) in [6.07, 6.45) is 5.63. The van der Waals surface area contributed by atoms with Crippen LogP contribution in [0, 0.1) is 0 Å². The quantitative estimate of drug-likeness (QED) is 0.311. The van der Waals surface area contributed by atoms with E-state index in [9.17, 15) is 4.57 Å². The Kier molecular flexibility index (Phi) is 17.3. The molecule has 0 saturated carbocycles. The van der Waals surface area contributed by atoms with Crippen LogP contribution in [-0.2, 0) is 18.1 Å². The normalized spacial score (nSPS) is 11.3. The van der Waals surface area contributed by atoms with E-state index in [0.29, 0.717) is 19.8 Å². The Labute approximate surface area is 134 Å². The van der Waals surface area contributed by atoms with Crippen molar-refractivity contribution in [3.8, 4) is 0 Å². The molecule has 0 aromatic rings. The zero-order valence-electron chi connectivity index (χ0n) is 11.4. The van der Waals surface area contributed by atoms with Crippen LogP contribution in [0.2, 0.25) is 0 Å². The second-order valence-corrected chi connectivity index (χ2v) is 5.68. The molecule has 18 heavy (non-hydrogen) atoms. The molecule has 4 nitrogen and oxygen atoms in total. The van der Waals surface area contributed by atoms with Crippen LogP contribution in [0.1, 0.15) is 59.3 Å². The summed E-state index contributed by atoms with van der Waals surface area (Å²) in [7, 11) is -3.31. The van der Waals surface area contributed by atoms with Crippen molar-refractivity contribution >= 4 is 37.4 Å². The monoisotopic (exact) mass is 290 g/mol. The minimum absolute atomic E-state index is 0.